The third kappa shape index (κ3) is 3.66. The van der Waals surface area contributed by atoms with Crippen molar-refractivity contribution in [1.82, 2.24) is 5.32 Å². The molecule has 0 radical (unpaired) electrons. The lowest BCUT2D eigenvalue weighted by atomic mass is 10.1. The highest BCUT2D eigenvalue weighted by molar-refractivity contribution is 6.08. The lowest BCUT2D eigenvalue weighted by Crippen LogP contribution is -2.35. The van der Waals surface area contributed by atoms with Crippen molar-refractivity contribution in [3.05, 3.63) is 65.0 Å². The van der Waals surface area contributed by atoms with Gasteiger partial charge in [0.1, 0.15) is 5.82 Å². The summed E-state index contributed by atoms with van der Waals surface area (Å²) in [6.45, 7) is 3.55. The lowest BCUT2D eigenvalue weighted by Gasteiger charge is -2.09. The molecule has 108 valence electrons. The number of nitrogens with one attached hydrogen (secondary N) is 2. The molecule has 0 aliphatic carbocycles. The van der Waals surface area contributed by atoms with Crippen molar-refractivity contribution in [2.75, 3.05) is 5.32 Å². The molecule has 0 fully saturated rings. The Bertz CT molecular complexity index is 698. The first-order valence-corrected chi connectivity index (χ1v) is 6.41. The molecule has 0 aliphatic heterocycles. The summed E-state index contributed by atoms with van der Waals surface area (Å²) in [5.74, 6) is -1.44. The number of carbonyl (C=O) groups excluding carboxylic acids is 2. The van der Waals surface area contributed by atoms with Gasteiger partial charge in [-0.3, -0.25) is 10.1 Å². The minimum Gasteiger partial charge on any atom is -0.307 e. The molecule has 5 heteroatoms. The van der Waals surface area contributed by atoms with Gasteiger partial charge >= 0.3 is 6.03 Å². The number of rotatable bonds is 2. The number of hydrogen-bond acceptors (Lipinski definition) is 2. The molecule has 0 aliphatic rings. The Morgan fingerprint density at radius 1 is 1.05 bits per heavy atom. The second-order valence-corrected chi connectivity index (χ2v) is 4.71. The molecule has 2 aromatic rings. The molecule has 0 heterocycles. The van der Waals surface area contributed by atoms with Crippen molar-refractivity contribution in [1.29, 1.82) is 0 Å². The van der Waals surface area contributed by atoms with Crippen LogP contribution in [0.5, 0.6) is 0 Å². The Balaban J connectivity index is 2.06. The molecular formula is C16H15FN2O2. The fourth-order valence-corrected chi connectivity index (χ4v) is 1.84. The van der Waals surface area contributed by atoms with E-state index in [9.17, 15) is 14.0 Å². The van der Waals surface area contributed by atoms with Gasteiger partial charge in [-0.1, -0.05) is 24.3 Å². The molecule has 0 aromatic heterocycles. The quantitative estimate of drug-likeness (QED) is 0.889. The molecule has 2 aromatic carbocycles. The van der Waals surface area contributed by atoms with E-state index in [2.05, 4.69) is 10.6 Å². The van der Waals surface area contributed by atoms with Crippen LogP contribution in [0, 0.1) is 19.7 Å². The molecule has 2 N–H and O–H groups in total. The number of hydrogen-bond donors (Lipinski definition) is 2. The van der Waals surface area contributed by atoms with E-state index in [0.29, 0.717) is 11.3 Å². The number of halogens is 1. The van der Waals surface area contributed by atoms with E-state index in [1.165, 1.54) is 12.1 Å². The van der Waals surface area contributed by atoms with Crippen molar-refractivity contribution in [2.45, 2.75) is 13.8 Å². The number of anilines is 1. The summed E-state index contributed by atoms with van der Waals surface area (Å²) < 4.78 is 13.6. The Hall–Kier alpha value is -2.69. The van der Waals surface area contributed by atoms with Crippen molar-refractivity contribution < 1.29 is 14.0 Å². The summed E-state index contributed by atoms with van der Waals surface area (Å²) in [4.78, 5) is 23.6. The minimum absolute atomic E-state index is 0.166. The summed E-state index contributed by atoms with van der Waals surface area (Å²) in [6, 6.07) is 10.7. The van der Waals surface area contributed by atoms with Gasteiger partial charge in [-0.05, 0) is 43.2 Å². The number of aryl methyl sites for hydroxylation is 2. The number of amides is 3. The lowest BCUT2D eigenvalue weighted by molar-refractivity contribution is 0.0963. The smallest absolute Gasteiger partial charge is 0.307 e. The molecule has 0 atom stereocenters. The van der Waals surface area contributed by atoms with Crippen LogP contribution in [0.1, 0.15) is 21.5 Å². The van der Waals surface area contributed by atoms with Crippen LogP contribution < -0.4 is 10.6 Å². The monoisotopic (exact) mass is 286 g/mol. The van der Waals surface area contributed by atoms with Crippen molar-refractivity contribution in [2.24, 2.45) is 0 Å². The average molecular weight is 286 g/mol. The normalized spacial score (nSPS) is 10.0. The molecule has 21 heavy (non-hydrogen) atoms. The summed E-state index contributed by atoms with van der Waals surface area (Å²) >= 11 is 0. The van der Waals surface area contributed by atoms with E-state index in [-0.39, 0.29) is 5.56 Å². The number of imide groups is 1. The highest BCUT2D eigenvalue weighted by Gasteiger charge is 2.15. The molecule has 4 nitrogen and oxygen atoms in total. The first-order valence-electron chi connectivity index (χ1n) is 6.41. The highest BCUT2D eigenvalue weighted by Crippen LogP contribution is 2.13. The van der Waals surface area contributed by atoms with Gasteiger partial charge in [-0.2, -0.15) is 0 Å². The molecule has 2 rings (SSSR count). The predicted octanol–water partition coefficient (Wildman–Crippen LogP) is 3.40. The maximum atomic E-state index is 13.6. The molecule has 0 bridgehead atoms. The van der Waals surface area contributed by atoms with E-state index >= 15 is 0 Å². The van der Waals surface area contributed by atoms with Crippen LogP contribution in [-0.2, 0) is 0 Å². The Morgan fingerprint density at radius 3 is 2.43 bits per heavy atom. The van der Waals surface area contributed by atoms with Crippen LogP contribution in [0.15, 0.2) is 42.5 Å². The van der Waals surface area contributed by atoms with Crippen LogP contribution in [0.2, 0.25) is 0 Å². The van der Waals surface area contributed by atoms with Gasteiger partial charge < -0.3 is 5.32 Å². The van der Waals surface area contributed by atoms with Crippen LogP contribution in [0.25, 0.3) is 0 Å². The van der Waals surface area contributed by atoms with Crippen molar-refractivity contribution >= 4 is 17.6 Å². The SMILES string of the molecule is Cc1ccc(C(=O)NC(=O)Nc2ccccc2C)c(F)c1. The van der Waals surface area contributed by atoms with Crippen LogP contribution >= 0.6 is 0 Å². The zero-order valence-electron chi connectivity index (χ0n) is 11.7. The van der Waals surface area contributed by atoms with Gasteiger partial charge in [0.15, 0.2) is 0 Å². The Morgan fingerprint density at radius 2 is 1.76 bits per heavy atom. The van der Waals surface area contributed by atoms with Gasteiger partial charge in [0.2, 0.25) is 0 Å². The minimum atomic E-state index is -0.779. The number of para-hydroxylation sites is 1. The van der Waals surface area contributed by atoms with Crippen LogP contribution in [0.4, 0.5) is 14.9 Å². The van der Waals surface area contributed by atoms with Crippen LogP contribution in [-0.4, -0.2) is 11.9 Å². The molecule has 0 saturated heterocycles. The van der Waals surface area contributed by atoms with Crippen molar-refractivity contribution in [3.8, 4) is 0 Å². The number of carbonyl (C=O) groups is 2. The average Bonchev–Trinajstić information content (AvgIpc) is 2.41. The summed E-state index contributed by atoms with van der Waals surface area (Å²) in [6.07, 6.45) is 0. The Labute approximate surface area is 122 Å². The third-order valence-corrected chi connectivity index (χ3v) is 2.99. The standard InChI is InChI=1S/C16H15FN2O2/c1-10-7-8-12(13(17)9-10)15(20)19-16(21)18-14-6-4-3-5-11(14)2/h3-9H,1-2H3,(H2,18,19,20,21). The number of urea groups is 1. The summed E-state index contributed by atoms with van der Waals surface area (Å²) in [5, 5.41) is 4.65. The van der Waals surface area contributed by atoms with E-state index < -0.39 is 17.8 Å². The van der Waals surface area contributed by atoms with Gasteiger partial charge in [0, 0.05) is 5.69 Å². The van der Waals surface area contributed by atoms with E-state index in [1.54, 1.807) is 25.1 Å². The summed E-state index contributed by atoms with van der Waals surface area (Å²) in [7, 11) is 0. The van der Waals surface area contributed by atoms with Gasteiger partial charge in [0.25, 0.3) is 5.91 Å². The predicted molar refractivity (Wildman–Crippen MR) is 78.8 cm³/mol. The second kappa shape index (κ2) is 6.17. The molecule has 0 saturated carbocycles. The first-order chi connectivity index (χ1) is 9.97. The van der Waals surface area contributed by atoms with Gasteiger partial charge in [0.05, 0.1) is 5.56 Å². The molecule has 0 spiro atoms. The molecule has 0 unspecified atom stereocenters. The fourth-order valence-electron chi connectivity index (χ4n) is 1.84. The largest absolute Gasteiger partial charge is 0.326 e. The van der Waals surface area contributed by atoms with E-state index in [0.717, 1.165) is 5.56 Å². The van der Waals surface area contributed by atoms with Gasteiger partial charge in [-0.15, -0.1) is 0 Å². The topological polar surface area (TPSA) is 58.2 Å². The first kappa shape index (κ1) is 14.7. The number of benzene rings is 2. The molecule has 3 amide bonds. The van der Waals surface area contributed by atoms with Crippen LogP contribution in [0.3, 0.4) is 0 Å². The zero-order chi connectivity index (χ0) is 15.4. The third-order valence-electron chi connectivity index (χ3n) is 2.99. The Kier molecular flexibility index (Phi) is 4.33. The second-order valence-electron chi connectivity index (χ2n) is 4.71. The fraction of sp³-hybridized carbons (Fsp3) is 0.125. The van der Waals surface area contributed by atoms with Gasteiger partial charge in [-0.25, -0.2) is 9.18 Å². The maximum Gasteiger partial charge on any atom is 0.326 e. The van der Waals surface area contributed by atoms with E-state index in [1.807, 2.05) is 19.1 Å². The zero-order valence-corrected chi connectivity index (χ0v) is 11.7. The maximum absolute atomic E-state index is 13.6. The highest BCUT2D eigenvalue weighted by atomic mass is 19.1. The molecular weight excluding hydrogens is 271 g/mol. The summed E-state index contributed by atoms with van der Waals surface area (Å²) in [5.41, 5.74) is 1.99. The van der Waals surface area contributed by atoms with E-state index in [4.69, 9.17) is 0 Å². The van der Waals surface area contributed by atoms with Crippen molar-refractivity contribution in [3.63, 3.8) is 0 Å².